The standard InChI is InChI=1S/C12H14ClN3OS2/c1-2-14-11-15-16-12(19-11)18-7-10(17)8-4-3-5-9(13)6-8/h3-6,10,17H,2,7H2,1H3,(H,14,15). The lowest BCUT2D eigenvalue weighted by Gasteiger charge is -2.09. The monoisotopic (exact) mass is 315 g/mol. The zero-order chi connectivity index (χ0) is 13.7. The summed E-state index contributed by atoms with van der Waals surface area (Å²) in [5.41, 5.74) is 0.816. The minimum Gasteiger partial charge on any atom is -0.388 e. The fourth-order valence-corrected chi connectivity index (χ4v) is 3.46. The largest absolute Gasteiger partial charge is 0.388 e. The Morgan fingerprint density at radius 1 is 1.47 bits per heavy atom. The highest BCUT2D eigenvalue weighted by Gasteiger charge is 2.11. The predicted octanol–water partition coefficient (Wildman–Crippen LogP) is 3.45. The van der Waals surface area contributed by atoms with Gasteiger partial charge in [-0.25, -0.2) is 0 Å². The molecule has 1 atom stereocenters. The van der Waals surface area contributed by atoms with Crippen molar-refractivity contribution in [3.8, 4) is 0 Å². The molecular formula is C12H14ClN3OS2. The highest BCUT2D eigenvalue weighted by Crippen LogP contribution is 2.29. The third kappa shape index (κ3) is 4.35. The van der Waals surface area contributed by atoms with E-state index in [9.17, 15) is 5.11 Å². The van der Waals surface area contributed by atoms with Crippen molar-refractivity contribution in [2.24, 2.45) is 0 Å². The summed E-state index contributed by atoms with van der Waals surface area (Å²) < 4.78 is 0.844. The number of aliphatic hydroxyl groups is 1. The lowest BCUT2D eigenvalue weighted by atomic mass is 10.1. The van der Waals surface area contributed by atoms with Crippen molar-refractivity contribution in [2.75, 3.05) is 17.6 Å². The van der Waals surface area contributed by atoms with Gasteiger partial charge in [-0.3, -0.25) is 0 Å². The quantitative estimate of drug-likeness (QED) is 0.800. The number of nitrogens with one attached hydrogen (secondary N) is 1. The van der Waals surface area contributed by atoms with Crippen LogP contribution < -0.4 is 5.32 Å². The van der Waals surface area contributed by atoms with Gasteiger partial charge >= 0.3 is 0 Å². The van der Waals surface area contributed by atoms with Crippen LogP contribution in [0.25, 0.3) is 0 Å². The number of thioether (sulfide) groups is 1. The predicted molar refractivity (Wildman–Crippen MR) is 81.2 cm³/mol. The summed E-state index contributed by atoms with van der Waals surface area (Å²) in [5.74, 6) is 0.529. The van der Waals surface area contributed by atoms with Crippen molar-refractivity contribution in [2.45, 2.75) is 17.4 Å². The zero-order valence-corrected chi connectivity index (χ0v) is 12.7. The molecule has 2 aromatic rings. The van der Waals surface area contributed by atoms with E-state index in [0.717, 1.165) is 21.6 Å². The van der Waals surface area contributed by atoms with E-state index < -0.39 is 6.10 Å². The van der Waals surface area contributed by atoms with Crippen LogP contribution in [0.5, 0.6) is 0 Å². The third-order valence-electron chi connectivity index (χ3n) is 2.33. The molecule has 0 fully saturated rings. The Kier molecular flexibility index (Phi) is 5.45. The fraction of sp³-hybridized carbons (Fsp3) is 0.333. The summed E-state index contributed by atoms with van der Waals surface area (Å²) in [6.07, 6.45) is -0.560. The molecule has 1 heterocycles. The molecule has 0 aliphatic rings. The van der Waals surface area contributed by atoms with Gasteiger partial charge in [0.1, 0.15) is 0 Å². The second-order valence-electron chi connectivity index (χ2n) is 3.79. The van der Waals surface area contributed by atoms with E-state index in [4.69, 9.17) is 11.6 Å². The van der Waals surface area contributed by atoms with Crippen molar-refractivity contribution in [1.29, 1.82) is 0 Å². The second kappa shape index (κ2) is 7.09. The maximum atomic E-state index is 10.1. The molecule has 0 saturated heterocycles. The van der Waals surface area contributed by atoms with Gasteiger partial charge in [-0.1, -0.05) is 46.8 Å². The van der Waals surface area contributed by atoms with Crippen molar-refractivity contribution in [3.63, 3.8) is 0 Å². The molecule has 2 rings (SSSR count). The number of halogens is 1. The lowest BCUT2D eigenvalue weighted by Crippen LogP contribution is -2.00. The number of aliphatic hydroxyl groups excluding tert-OH is 1. The molecule has 4 nitrogen and oxygen atoms in total. The Bertz CT molecular complexity index is 535. The van der Waals surface area contributed by atoms with E-state index in [1.54, 1.807) is 12.1 Å². The van der Waals surface area contributed by atoms with Gasteiger partial charge in [-0.15, -0.1) is 10.2 Å². The van der Waals surface area contributed by atoms with E-state index in [2.05, 4.69) is 15.5 Å². The van der Waals surface area contributed by atoms with Crippen LogP contribution in [0.1, 0.15) is 18.6 Å². The number of hydrogen-bond acceptors (Lipinski definition) is 6. The molecule has 0 spiro atoms. The third-order valence-corrected chi connectivity index (χ3v) is 4.66. The molecule has 0 amide bonds. The highest BCUT2D eigenvalue weighted by atomic mass is 35.5. The van der Waals surface area contributed by atoms with Crippen LogP contribution in [0.3, 0.4) is 0 Å². The Balaban J connectivity index is 1.90. The van der Waals surface area contributed by atoms with E-state index in [0.29, 0.717) is 10.8 Å². The molecule has 0 aliphatic heterocycles. The van der Waals surface area contributed by atoms with Gasteiger partial charge in [0.15, 0.2) is 4.34 Å². The van der Waals surface area contributed by atoms with E-state index in [1.807, 2.05) is 19.1 Å². The van der Waals surface area contributed by atoms with Crippen molar-refractivity contribution >= 4 is 39.8 Å². The van der Waals surface area contributed by atoms with Gasteiger partial charge in [-0.2, -0.15) is 0 Å². The molecule has 0 radical (unpaired) electrons. The highest BCUT2D eigenvalue weighted by molar-refractivity contribution is 8.01. The summed E-state index contributed by atoms with van der Waals surface area (Å²) in [6.45, 7) is 2.83. The van der Waals surface area contributed by atoms with Gasteiger partial charge < -0.3 is 10.4 Å². The average Bonchev–Trinajstić information content (AvgIpc) is 2.84. The first-order valence-corrected chi connectivity index (χ1v) is 8.00. The summed E-state index contributed by atoms with van der Waals surface area (Å²) in [6, 6.07) is 7.26. The Morgan fingerprint density at radius 3 is 3.05 bits per heavy atom. The SMILES string of the molecule is CCNc1nnc(SCC(O)c2cccc(Cl)c2)s1. The molecule has 0 bridgehead atoms. The van der Waals surface area contributed by atoms with Gasteiger partial charge in [-0.05, 0) is 24.6 Å². The van der Waals surface area contributed by atoms with Gasteiger partial charge in [0.2, 0.25) is 5.13 Å². The molecule has 7 heteroatoms. The summed E-state index contributed by atoms with van der Waals surface area (Å²) >= 11 is 8.88. The van der Waals surface area contributed by atoms with E-state index >= 15 is 0 Å². The molecule has 0 aliphatic carbocycles. The maximum Gasteiger partial charge on any atom is 0.206 e. The van der Waals surface area contributed by atoms with Gasteiger partial charge in [0.05, 0.1) is 6.10 Å². The Morgan fingerprint density at radius 2 is 2.32 bits per heavy atom. The normalized spacial score (nSPS) is 12.4. The number of nitrogens with zero attached hydrogens (tertiary/aromatic N) is 2. The first kappa shape index (κ1) is 14.6. The lowest BCUT2D eigenvalue weighted by molar-refractivity contribution is 0.204. The molecule has 1 aromatic carbocycles. The minimum absolute atomic E-state index is 0.529. The molecule has 2 N–H and O–H groups in total. The molecule has 1 aromatic heterocycles. The molecular weight excluding hydrogens is 302 g/mol. The van der Waals surface area contributed by atoms with E-state index in [-0.39, 0.29) is 0 Å². The summed E-state index contributed by atoms with van der Waals surface area (Å²) in [5, 5.41) is 22.7. The zero-order valence-electron chi connectivity index (χ0n) is 10.3. The smallest absolute Gasteiger partial charge is 0.206 e. The number of anilines is 1. The fourth-order valence-electron chi connectivity index (χ4n) is 1.45. The first-order chi connectivity index (χ1) is 9.19. The summed E-state index contributed by atoms with van der Waals surface area (Å²) in [4.78, 5) is 0. The Hall–Kier alpha value is -0.820. The van der Waals surface area contributed by atoms with E-state index in [1.165, 1.54) is 23.1 Å². The number of aromatic nitrogens is 2. The average molecular weight is 316 g/mol. The molecule has 19 heavy (non-hydrogen) atoms. The van der Waals surface area contributed by atoms with Crippen LogP contribution in [-0.2, 0) is 0 Å². The van der Waals surface area contributed by atoms with Crippen LogP contribution in [0, 0.1) is 0 Å². The summed E-state index contributed by atoms with van der Waals surface area (Å²) in [7, 11) is 0. The first-order valence-electron chi connectivity index (χ1n) is 5.82. The van der Waals surface area contributed by atoms with Crippen molar-refractivity contribution in [1.82, 2.24) is 10.2 Å². The number of rotatable bonds is 6. The minimum atomic E-state index is -0.560. The van der Waals surface area contributed by atoms with Crippen LogP contribution in [0.2, 0.25) is 5.02 Å². The van der Waals surface area contributed by atoms with Gasteiger partial charge in [0, 0.05) is 17.3 Å². The maximum absolute atomic E-state index is 10.1. The van der Waals surface area contributed by atoms with Gasteiger partial charge in [0.25, 0.3) is 0 Å². The van der Waals surface area contributed by atoms with Crippen LogP contribution in [0.4, 0.5) is 5.13 Å². The van der Waals surface area contributed by atoms with Crippen LogP contribution in [0.15, 0.2) is 28.6 Å². The topological polar surface area (TPSA) is 58.0 Å². The second-order valence-corrected chi connectivity index (χ2v) is 6.47. The number of benzene rings is 1. The molecule has 0 saturated carbocycles. The van der Waals surface area contributed by atoms with Crippen LogP contribution >= 0.6 is 34.7 Å². The molecule has 102 valence electrons. The molecule has 1 unspecified atom stereocenters. The number of hydrogen-bond donors (Lipinski definition) is 2. The van der Waals surface area contributed by atoms with Crippen molar-refractivity contribution in [3.05, 3.63) is 34.9 Å². The van der Waals surface area contributed by atoms with Crippen LogP contribution in [-0.4, -0.2) is 27.6 Å². The Labute approximate surface area is 125 Å². The van der Waals surface area contributed by atoms with Crippen molar-refractivity contribution < 1.29 is 5.11 Å².